The first kappa shape index (κ1) is 21.1. The van der Waals surface area contributed by atoms with Gasteiger partial charge in [-0.25, -0.2) is 9.59 Å². The van der Waals surface area contributed by atoms with E-state index in [9.17, 15) is 4.79 Å². The predicted molar refractivity (Wildman–Crippen MR) is 84.9 cm³/mol. The minimum absolute atomic E-state index is 0.0146. The molecule has 1 unspecified atom stereocenters. The van der Waals surface area contributed by atoms with E-state index < -0.39 is 18.0 Å². The van der Waals surface area contributed by atoms with Crippen LogP contribution >= 0.6 is 23.2 Å². The summed E-state index contributed by atoms with van der Waals surface area (Å²) in [5.41, 5.74) is 0.513. The number of nitrogens with one attached hydrogen (secondary N) is 2. The van der Waals surface area contributed by atoms with Crippen LogP contribution in [0.1, 0.15) is 6.92 Å². The van der Waals surface area contributed by atoms with Crippen LogP contribution in [0.2, 0.25) is 10.0 Å². The van der Waals surface area contributed by atoms with Crippen molar-refractivity contribution in [3.05, 3.63) is 28.2 Å². The molecule has 1 aromatic rings. The second kappa shape index (κ2) is 10.8. The summed E-state index contributed by atoms with van der Waals surface area (Å²) >= 11 is 11.7. The van der Waals surface area contributed by atoms with Crippen molar-refractivity contribution in [3.63, 3.8) is 0 Å². The number of aliphatic hydroxyl groups is 1. The van der Waals surface area contributed by atoms with Gasteiger partial charge in [0.15, 0.2) is 0 Å². The van der Waals surface area contributed by atoms with Crippen LogP contribution in [0.25, 0.3) is 0 Å². The number of aliphatic hydroxyl groups excluding tert-OH is 1. The molecular weight excluding hydrogens is 351 g/mol. The van der Waals surface area contributed by atoms with Crippen LogP contribution in [0.3, 0.4) is 0 Å². The van der Waals surface area contributed by atoms with Crippen LogP contribution < -0.4 is 10.6 Å². The molecule has 0 fully saturated rings. The normalized spacial score (nSPS) is 11.0. The van der Waals surface area contributed by atoms with E-state index in [0.29, 0.717) is 22.3 Å². The molecular formula is C13H16Cl2N2O6. The standard InChI is InChI=1S/C11H14Cl2N2O2.C2H2O4/c1-7(14-4-5-16)11(17)15-10-3-2-8(12)6-9(10)13;3-1(4)2(5)6/h2-3,6-7,14,16H,4-5H2,1H3,(H,15,17);(H,3,4)(H,5,6). The Morgan fingerprint density at radius 1 is 1.17 bits per heavy atom. The first-order valence-corrected chi connectivity index (χ1v) is 7.01. The van der Waals surface area contributed by atoms with Crippen LogP contribution in [0.4, 0.5) is 5.69 Å². The third-order valence-electron chi connectivity index (χ3n) is 2.33. The fraction of sp³-hybridized carbons (Fsp3) is 0.308. The Morgan fingerprint density at radius 2 is 1.74 bits per heavy atom. The molecule has 0 aromatic heterocycles. The molecule has 1 aromatic carbocycles. The van der Waals surface area contributed by atoms with Gasteiger partial charge < -0.3 is 26.0 Å². The number of anilines is 1. The molecule has 0 heterocycles. The third-order valence-corrected chi connectivity index (χ3v) is 2.88. The van der Waals surface area contributed by atoms with E-state index in [4.69, 9.17) is 48.1 Å². The first-order chi connectivity index (χ1) is 10.7. The Kier molecular flexibility index (Phi) is 9.91. The van der Waals surface area contributed by atoms with Crippen molar-refractivity contribution in [3.8, 4) is 0 Å². The molecule has 0 aliphatic heterocycles. The van der Waals surface area contributed by atoms with E-state index in [1.54, 1.807) is 25.1 Å². The first-order valence-electron chi connectivity index (χ1n) is 6.25. The molecule has 8 nitrogen and oxygen atoms in total. The smallest absolute Gasteiger partial charge is 0.414 e. The highest BCUT2D eigenvalue weighted by Gasteiger charge is 2.13. The summed E-state index contributed by atoms with van der Waals surface area (Å²) in [6.45, 7) is 2.05. The van der Waals surface area contributed by atoms with Crippen molar-refractivity contribution in [2.24, 2.45) is 0 Å². The molecule has 0 saturated carbocycles. The lowest BCUT2D eigenvalue weighted by Crippen LogP contribution is -2.39. The van der Waals surface area contributed by atoms with Crippen LogP contribution in [-0.2, 0) is 14.4 Å². The van der Waals surface area contributed by atoms with Crippen molar-refractivity contribution < 1.29 is 29.7 Å². The van der Waals surface area contributed by atoms with E-state index in [1.807, 2.05) is 0 Å². The predicted octanol–water partition coefficient (Wildman–Crippen LogP) is 1.06. The number of carboxylic acid groups (broad SMARTS) is 2. The van der Waals surface area contributed by atoms with Crippen LogP contribution in [0.15, 0.2) is 18.2 Å². The van der Waals surface area contributed by atoms with E-state index in [1.165, 1.54) is 0 Å². The maximum Gasteiger partial charge on any atom is 0.414 e. The highest BCUT2D eigenvalue weighted by atomic mass is 35.5. The molecule has 0 radical (unpaired) electrons. The second-order valence-electron chi connectivity index (χ2n) is 4.12. The minimum Gasteiger partial charge on any atom is -0.473 e. The van der Waals surface area contributed by atoms with E-state index in [2.05, 4.69) is 10.6 Å². The number of aliphatic carboxylic acids is 2. The fourth-order valence-corrected chi connectivity index (χ4v) is 1.66. The Bertz CT molecular complexity index is 555. The summed E-state index contributed by atoms with van der Waals surface area (Å²) in [6, 6.07) is 4.44. The van der Waals surface area contributed by atoms with Crippen molar-refractivity contribution in [1.82, 2.24) is 5.32 Å². The van der Waals surface area contributed by atoms with Gasteiger partial charge in [0.1, 0.15) is 0 Å². The van der Waals surface area contributed by atoms with Gasteiger partial charge in [-0.15, -0.1) is 0 Å². The summed E-state index contributed by atoms with van der Waals surface area (Å²) in [6.07, 6.45) is 0. The molecule has 5 N–H and O–H groups in total. The summed E-state index contributed by atoms with van der Waals surface area (Å²) in [7, 11) is 0. The number of hydrogen-bond acceptors (Lipinski definition) is 5. The quantitative estimate of drug-likeness (QED) is 0.491. The highest BCUT2D eigenvalue weighted by Crippen LogP contribution is 2.25. The summed E-state index contributed by atoms with van der Waals surface area (Å²) < 4.78 is 0. The van der Waals surface area contributed by atoms with Gasteiger partial charge in [-0.2, -0.15) is 0 Å². The molecule has 0 bridgehead atoms. The maximum atomic E-state index is 11.7. The van der Waals surface area contributed by atoms with Gasteiger partial charge in [-0.05, 0) is 25.1 Å². The zero-order valence-electron chi connectivity index (χ0n) is 12.0. The molecule has 0 aliphatic carbocycles. The van der Waals surface area contributed by atoms with E-state index >= 15 is 0 Å². The van der Waals surface area contributed by atoms with Gasteiger partial charge in [-0.3, -0.25) is 4.79 Å². The average Bonchev–Trinajstić information content (AvgIpc) is 2.48. The Hall–Kier alpha value is -1.87. The van der Waals surface area contributed by atoms with Crippen molar-refractivity contribution in [2.45, 2.75) is 13.0 Å². The van der Waals surface area contributed by atoms with Gasteiger partial charge in [0.2, 0.25) is 5.91 Å². The number of halogens is 2. The molecule has 0 spiro atoms. The van der Waals surface area contributed by atoms with E-state index in [-0.39, 0.29) is 12.5 Å². The summed E-state index contributed by atoms with van der Waals surface area (Å²) in [4.78, 5) is 29.9. The van der Waals surface area contributed by atoms with Gasteiger partial charge in [0, 0.05) is 11.6 Å². The number of rotatable bonds is 5. The summed E-state index contributed by atoms with van der Waals surface area (Å²) in [5.74, 6) is -3.87. The molecule has 1 rings (SSSR count). The Labute approximate surface area is 142 Å². The molecule has 23 heavy (non-hydrogen) atoms. The lowest BCUT2D eigenvalue weighted by molar-refractivity contribution is -0.159. The largest absolute Gasteiger partial charge is 0.473 e. The number of hydrogen-bond donors (Lipinski definition) is 5. The number of benzene rings is 1. The highest BCUT2D eigenvalue weighted by molar-refractivity contribution is 6.36. The maximum absolute atomic E-state index is 11.7. The van der Waals surface area contributed by atoms with Crippen LogP contribution in [0, 0.1) is 0 Å². The second-order valence-corrected chi connectivity index (χ2v) is 4.97. The van der Waals surface area contributed by atoms with Gasteiger partial charge >= 0.3 is 11.9 Å². The minimum atomic E-state index is -1.82. The molecule has 10 heteroatoms. The van der Waals surface area contributed by atoms with Crippen LogP contribution in [-0.4, -0.2) is 52.4 Å². The van der Waals surface area contributed by atoms with E-state index in [0.717, 1.165) is 0 Å². The molecule has 0 aliphatic rings. The Morgan fingerprint density at radius 3 is 2.17 bits per heavy atom. The van der Waals surface area contributed by atoms with Crippen molar-refractivity contribution in [2.75, 3.05) is 18.5 Å². The number of carboxylic acids is 2. The molecule has 1 atom stereocenters. The lowest BCUT2D eigenvalue weighted by Gasteiger charge is -2.14. The average molecular weight is 367 g/mol. The SMILES string of the molecule is CC(NCCO)C(=O)Nc1ccc(Cl)cc1Cl.O=C(O)C(=O)O. The third kappa shape index (κ3) is 8.99. The lowest BCUT2D eigenvalue weighted by atomic mass is 10.2. The number of carbonyl (C=O) groups is 3. The molecule has 128 valence electrons. The van der Waals surface area contributed by atoms with Crippen molar-refractivity contribution >= 4 is 46.7 Å². The van der Waals surface area contributed by atoms with Crippen LogP contribution in [0.5, 0.6) is 0 Å². The monoisotopic (exact) mass is 366 g/mol. The zero-order valence-corrected chi connectivity index (χ0v) is 13.6. The number of carbonyl (C=O) groups excluding carboxylic acids is 1. The fourth-order valence-electron chi connectivity index (χ4n) is 1.21. The van der Waals surface area contributed by atoms with Gasteiger partial charge in [-0.1, -0.05) is 23.2 Å². The van der Waals surface area contributed by atoms with Crippen molar-refractivity contribution in [1.29, 1.82) is 0 Å². The zero-order chi connectivity index (χ0) is 18.0. The van der Waals surface area contributed by atoms with Gasteiger partial charge in [0.05, 0.1) is 23.4 Å². The molecule has 1 amide bonds. The topological polar surface area (TPSA) is 136 Å². The Balaban J connectivity index is 0.000000688. The number of amides is 1. The summed E-state index contributed by atoms with van der Waals surface area (Å²) in [5, 5.41) is 29.8. The molecule has 0 saturated heterocycles. The van der Waals surface area contributed by atoms with Gasteiger partial charge in [0.25, 0.3) is 0 Å².